The largest absolute Gasteiger partial charge is 0.476 e. The Morgan fingerprint density at radius 1 is 1.39 bits per heavy atom. The van der Waals surface area contributed by atoms with Gasteiger partial charge in [0.2, 0.25) is 0 Å². The highest BCUT2D eigenvalue weighted by Crippen LogP contribution is 2.12. The second-order valence-corrected chi connectivity index (χ2v) is 3.76. The average molecular weight is 245 g/mol. The summed E-state index contributed by atoms with van der Waals surface area (Å²) < 4.78 is 1.43. The average Bonchev–Trinajstić information content (AvgIpc) is 2.75. The summed E-state index contributed by atoms with van der Waals surface area (Å²) in [4.78, 5) is 11.0. The molecule has 6 nitrogen and oxygen atoms in total. The van der Waals surface area contributed by atoms with E-state index in [1.807, 2.05) is 31.2 Å². The van der Waals surface area contributed by atoms with E-state index in [1.54, 1.807) is 0 Å². The number of hydrogen-bond donors (Lipinski definition) is 2. The number of nitrogens with zero attached hydrogens (tertiary/aromatic N) is 3. The van der Waals surface area contributed by atoms with Gasteiger partial charge in [-0.3, -0.25) is 0 Å². The van der Waals surface area contributed by atoms with Crippen molar-refractivity contribution in [3.63, 3.8) is 0 Å². The van der Waals surface area contributed by atoms with E-state index in [1.165, 1.54) is 10.9 Å². The first-order valence-electron chi connectivity index (χ1n) is 5.19. The van der Waals surface area contributed by atoms with E-state index in [4.69, 9.17) is 10.3 Å². The van der Waals surface area contributed by atoms with E-state index < -0.39 is 5.97 Å². The molecule has 2 rings (SSSR count). The second kappa shape index (κ2) is 4.70. The molecule has 0 saturated carbocycles. The Kier molecular flexibility index (Phi) is 3.09. The number of hydrogen-bond acceptors (Lipinski definition) is 4. The molecule has 1 aromatic heterocycles. The summed E-state index contributed by atoms with van der Waals surface area (Å²) in [5, 5.41) is 24.2. The topological polar surface area (TPSA) is 87.7 Å². The Bertz CT molecular complexity index is 600. The minimum absolute atomic E-state index is 0.159. The van der Waals surface area contributed by atoms with Gasteiger partial charge in [-0.1, -0.05) is 22.9 Å². The fourth-order valence-electron chi connectivity index (χ4n) is 1.54. The predicted octanol–water partition coefficient (Wildman–Crippen LogP) is 1.69. The summed E-state index contributed by atoms with van der Waals surface area (Å²) in [5.74, 6) is -1.17. The maximum Gasteiger partial charge on any atom is 0.357 e. The summed E-state index contributed by atoms with van der Waals surface area (Å²) in [6.07, 6.45) is 2.54. The molecule has 0 atom stereocenters. The molecule has 6 heteroatoms. The van der Waals surface area contributed by atoms with E-state index in [-0.39, 0.29) is 11.3 Å². The predicted molar refractivity (Wildman–Crippen MR) is 64.6 cm³/mol. The number of aromatic nitrogens is 2. The lowest BCUT2D eigenvalue weighted by atomic mass is 10.2. The molecule has 1 aromatic carbocycles. The zero-order chi connectivity index (χ0) is 13.1. The SMILES string of the molecule is Cc1ccc(-n2cc(/C=N\O)c(C(=O)O)n2)cc1. The van der Waals surface area contributed by atoms with Crippen molar-refractivity contribution < 1.29 is 15.1 Å². The van der Waals surface area contributed by atoms with Crippen LogP contribution in [0.2, 0.25) is 0 Å². The molecule has 0 aliphatic rings. The van der Waals surface area contributed by atoms with Crippen LogP contribution in [-0.2, 0) is 0 Å². The number of oxime groups is 1. The third-order valence-electron chi connectivity index (χ3n) is 2.44. The zero-order valence-electron chi connectivity index (χ0n) is 9.61. The van der Waals surface area contributed by atoms with E-state index >= 15 is 0 Å². The Labute approximate surface area is 103 Å². The van der Waals surface area contributed by atoms with Crippen LogP contribution in [0.15, 0.2) is 35.6 Å². The van der Waals surface area contributed by atoms with Gasteiger partial charge in [-0.05, 0) is 19.1 Å². The van der Waals surface area contributed by atoms with Gasteiger partial charge in [0.1, 0.15) is 0 Å². The van der Waals surface area contributed by atoms with Gasteiger partial charge in [-0.2, -0.15) is 5.10 Å². The number of benzene rings is 1. The first kappa shape index (κ1) is 11.8. The highest BCUT2D eigenvalue weighted by Gasteiger charge is 2.15. The number of carboxylic acids is 1. The molecule has 0 bridgehead atoms. The summed E-state index contributed by atoms with van der Waals surface area (Å²) in [5.41, 5.74) is 1.92. The number of aromatic carboxylic acids is 1. The minimum atomic E-state index is -1.17. The van der Waals surface area contributed by atoms with Gasteiger partial charge >= 0.3 is 5.97 Å². The van der Waals surface area contributed by atoms with Crippen molar-refractivity contribution in [2.24, 2.45) is 5.16 Å². The van der Waals surface area contributed by atoms with Crippen molar-refractivity contribution in [3.8, 4) is 5.69 Å². The normalized spacial score (nSPS) is 10.9. The van der Waals surface area contributed by atoms with Crippen molar-refractivity contribution in [3.05, 3.63) is 47.3 Å². The third-order valence-corrected chi connectivity index (χ3v) is 2.44. The van der Waals surface area contributed by atoms with Crippen molar-refractivity contribution >= 4 is 12.2 Å². The molecule has 18 heavy (non-hydrogen) atoms. The van der Waals surface area contributed by atoms with Crippen LogP contribution in [0, 0.1) is 6.92 Å². The lowest BCUT2D eigenvalue weighted by Crippen LogP contribution is -2.02. The molecule has 2 N–H and O–H groups in total. The van der Waals surface area contributed by atoms with Crippen molar-refractivity contribution in [1.29, 1.82) is 0 Å². The first-order valence-corrected chi connectivity index (χ1v) is 5.19. The van der Waals surface area contributed by atoms with E-state index in [9.17, 15) is 4.79 Å². The highest BCUT2D eigenvalue weighted by atomic mass is 16.4. The molecule has 0 aliphatic carbocycles. The lowest BCUT2D eigenvalue weighted by Gasteiger charge is -2.00. The molecule has 0 amide bonds. The zero-order valence-corrected chi connectivity index (χ0v) is 9.61. The van der Waals surface area contributed by atoms with Crippen LogP contribution < -0.4 is 0 Å². The van der Waals surface area contributed by atoms with Gasteiger partial charge in [0.15, 0.2) is 5.69 Å². The quantitative estimate of drug-likeness (QED) is 0.489. The molecule has 0 radical (unpaired) electrons. The Morgan fingerprint density at radius 3 is 2.61 bits per heavy atom. The highest BCUT2D eigenvalue weighted by molar-refractivity contribution is 5.96. The molecule has 0 spiro atoms. The maximum absolute atomic E-state index is 11.0. The minimum Gasteiger partial charge on any atom is -0.476 e. The Hall–Kier alpha value is -2.63. The van der Waals surface area contributed by atoms with Gasteiger partial charge in [0.25, 0.3) is 0 Å². The third kappa shape index (κ3) is 2.22. The van der Waals surface area contributed by atoms with Crippen LogP contribution in [0.1, 0.15) is 21.6 Å². The number of aryl methyl sites for hydroxylation is 1. The molecule has 0 aliphatic heterocycles. The number of carbonyl (C=O) groups is 1. The fourth-order valence-corrected chi connectivity index (χ4v) is 1.54. The summed E-state index contributed by atoms with van der Waals surface area (Å²) in [6, 6.07) is 7.45. The smallest absolute Gasteiger partial charge is 0.357 e. The van der Waals surface area contributed by atoms with Gasteiger partial charge in [0.05, 0.1) is 11.9 Å². The molecule has 2 aromatic rings. The van der Waals surface area contributed by atoms with Crippen molar-refractivity contribution in [2.45, 2.75) is 6.92 Å². The van der Waals surface area contributed by atoms with Crippen LogP contribution in [-0.4, -0.2) is 32.3 Å². The van der Waals surface area contributed by atoms with Crippen molar-refractivity contribution in [2.75, 3.05) is 0 Å². The first-order chi connectivity index (χ1) is 8.61. The lowest BCUT2D eigenvalue weighted by molar-refractivity contribution is 0.0690. The summed E-state index contributed by atoms with van der Waals surface area (Å²) in [6.45, 7) is 1.96. The number of rotatable bonds is 3. The van der Waals surface area contributed by atoms with Crippen LogP contribution in [0.25, 0.3) is 5.69 Å². The molecular formula is C12H11N3O3. The second-order valence-electron chi connectivity index (χ2n) is 3.76. The van der Waals surface area contributed by atoms with E-state index in [2.05, 4.69) is 10.3 Å². The molecule has 92 valence electrons. The standard InChI is InChI=1S/C12H11N3O3/c1-8-2-4-10(5-3-8)15-7-9(6-13-18)11(14-15)12(16)17/h2-7,18H,1H3,(H,16,17)/b13-6-. The molecule has 1 heterocycles. The van der Waals surface area contributed by atoms with Gasteiger partial charge in [0, 0.05) is 11.8 Å². The van der Waals surface area contributed by atoms with Gasteiger partial charge < -0.3 is 10.3 Å². The van der Waals surface area contributed by atoms with E-state index in [0.717, 1.165) is 17.5 Å². The van der Waals surface area contributed by atoms with E-state index in [0.29, 0.717) is 0 Å². The summed E-state index contributed by atoms with van der Waals surface area (Å²) >= 11 is 0. The Balaban J connectivity index is 2.49. The Morgan fingerprint density at radius 2 is 2.06 bits per heavy atom. The van der Waals surface area contributed by atoms with Crippen molar-refractivity contribution in [1.82, 2.24) is 9.78 Å². The fraction of sp³-hybridized carbons (Fsp3) is 0.0833. The van der Waals surface area contributed by atoms with Crippen LogP contribution in [0.5, 0.6) is 0 Å². The molecular weight excluding hydrogens is 234 g/mol. The molecule has 0 fully saturated rings. The molecule has 0 unspecified atom stereocenters. The van der Waals surface area contributed by atoms with Gasteiger partial charge in [-0.15, -0.1) is 0 Å². The monoisotopic (exact) mass is 245 g/mol. The van der Waals surface area contributed by atoms with Crippen LogP contribution >= 0.6 is 0 Å². The van der Waals surface area contributed by atoms with Crippen LogP contribution in [0.3, 0.4) is 0 Å². The maximum atomic E-state index is 11.0. The van der Waals surface area contributed by atoms with Gasteiger partial charge in [-0.25, -0.2) is 9.48 Å². The summed E-state index contributed by atoms with van der Waals surface area (Å²) in [7, 11) is 0. The molecule has 0 saturated heterocycles. The number of carboxylic acid groups (broad SMARTS) is 1. The van der Waals surface area contributed by atoms with Crippen LogP contribution in [0.4, 0.5) is 0 Å².